The Labute approximate surface area is 108 Å². The van der Waals surface area contributed by atoms with Crippen molar-refractivity contribution in [2.24, 2.45) is 0 Å². The van der Waals surface area contributed by atoms with Crippen LogP contribution in [-0.4, -0.2) is 5.11 Å². The number of hydrogen-bond donors (Lipinski definition) is 2. The van der Waals surface area contributed by atoms with E-state index in [1.165, 1.54) is 18.2 Å². The van der Waals surface area contributed by atoms with E-state index in [0.29, 0.717) is 0 Å². The molecule has 0 bridgehead atoms. The maximum Gasteiger partial charge on any atom is 0.181 e. The molecule has 94 valence electrons. The summed E-state index contributed by atoms with van der Waals surface area (Å²) in [5.41, 5.74) is 0.834. The van der Waals surface area contributed by atoms with E-state index in [1.807, 2.05) is 0 Å². The first-order valence-corrected chi connectivity index (χ1v) is 5.61. The summed E-state index contributed by atoms with van der Waals surface area (Å²) in [6.07, 6.45) is 0. The Morgan fingerprint density at radius 3 is 2.67 bits per heavy atom. The molecule has 2 N–H and O–H groups in total. The summed E-state index contributed by atoms with van der Waals surface area (Å²) in [4.78, 5) is 0. The number of phenols is 1. The van der Waals surface area contributed by atoms with Crippen molar-refractivity contribution in [1.82, 2.24) is 0 Å². The van der Waals surface area contributed by atoms with Crippen LogP contribution in [0.25, 0.3) is 0 Å². The normalized spacial score (nSPS) is 10.4. The van der Waals surface area contributed by atoms with Crippen molar-refractivity contribution in [3.63, 3.8) is 0 Å². The predicted octanol–water partition coefficient (Wildman–Crippen LogP) is 3.94. The van der Waals surface area contributed by atoms with Gasteiger partial charge in [0, 0.05) is 6.54 Å². The third-order valence-electron chi connectivity index (χ3n) is 2.45. The number of anilines is 1. The molecule has 2 rings (SSSR count). The molecule has 18 heavy (non-hydrogen) atoms. The molecule has 0 aliphatic carbocycles. The van der Waals surface area contributed by atoms with Crippen LogP contribution in [0.2, 0.25) is 5.02 Å². The third kappa shape index (κ3) is 2.71. The number of nitrogens with one attached hydrogen (secondary N) is 1. The van der Waals surface area contributed by atoms with Gasteiger partial charge in [-0.2, -0.15) is 0 Å². The van der Waals surface area contributed by atoms with Crippen molar-refractivity contribution >= 4 is 17.3 Å². The fraction of sp³-hybridized carbons (Fsp3) is 0.0769. The first-order chi connectivity index (χ1) is 8.58. The Kier molecular flexibility index (Phi) is 3.67. The number of aromatic hydroxyl groups is 1. The molecule has 0 aromatic heterocycles. The Bertz CT molecular complexity index is 575. The summed E-state index contributed by atoms with van der Waals surface area (Å²) in [5, 5.41) is 12.2. The molecule has 2 nitrogen and oxygen atoms in total. The van der Waals surface area contributed by atoms with E-state index in [2.05, 4.69) is 5.32 Å². The molecule has 0 saturated heterocycles. The minimum Gasteiger partial charge on any atom is -0.506 e. The highest BCUT2D eigenvalue weighted by molar-refractivity contribution is 6.32. The van der Waals surface area contributed by atoms with Crippen LogP contribution in [0.1, 0.15) is 5.56 Å². The van der Waals surface area contributed by atoms with Crippen molar-refractivity contribution in [3.8, 4) is 5.75 Å². The topological polar surface area (TPSA) is 32.3 Å². The molecule has 0 aliphatic heterocycles. The number of phenolic OH excluding ortho intramolecular Hbond substituents is 1. The van der Waals surface area contributed by atoms with E-state index < -0.39 is 11.6 Å². The molecule has 0 spiro atoms. The second-order valence-corrected chi connectivity index (χ2v) is 4.15. The van der Waals surface area contributed by atoms with Crippen molar-refractivity contribution in [3.05, 3.63) is 58.6 Å². The molecule has 0 aliphatic rings. The highest BCUT2D eigenvalue weighted by Gasteiger charge is 2.07. The molecule has 0 saturated carbocycles. The molecule has 2 aromatic carbocycles. The van der Waals surface area contributed by atoms with Crippen LogP contribution in [0.4, 0.5) is 14.5 Å². The van der Waals surface area contributed by atoms with Gasteiger partial charge in [-0.25, -0.2) is 8.78 Å². The average molecular weight is 270 g/mol. The maximum absolute atomic E-state index is 13.3. The molecule has 0 amide bonds. The molecule has 0 radical (unpaired) electrons. The molecule has 0 unspecified atom stereocenters. The Morgan fingerprint density at radius 2 is 1.94 bits per heavy atom. The largest absolute Gasteiger partial charge is 0.506 e. The number of hydrogen-bond acceptors (Lipinski definition) is 2. The van der Waals surface area contributed by atoms with Crippen LogP contribution in [0.3, 0.4) is 0 Å². The van der Waals surface area contributed by atoms with Crippen molar-refractivity contribution in [2.75, 3.05) is 5.32 Å². The second kappa shape index (κ2) is 5.23. The molecule has 5 heteroatoms. The summed E-state index contributed by atoms with van der Waals surface area (Å²) < 4.78 is 26.3. The Balaban J connectivity index is 2.11. The highest BCUT2D eigenvalue weighted by Crippen LogP contribution is 2.24. The molecule has 2 aromatic rings. The van der Waals surface area contributed by atoms with Gasteiger partial charge in [-0.1, -0.05) is 23.7 Å². The van der Waals surface area contributed by atoms with Crippen LogP contribution in [0, 0.1) is 11.6 Å². The van der Waals surface area contributed by atoms with E-state index in [4.69, 9.17) is 11.6 Å². The second-order valence-electron chi connectivity index (χ2n) is 3.74. The Morgan fingerprint density at radius 1 is 1.17 bits per heavy atom. The lowest BCUT2D eigenvalue weighted by Crippen LogP contribution is -2.02. The van der Waals surface area contributed by atoms with Gasteiger partial charge in [0.05, 0.1) is 10.7 Å². The fourth-order valence-electron chi connectivity index (χ4n) is 1.50. The summed E-state index contributed by atoms with van der Waals surface area (Å²) in [6.45, 7) is 0.278. The molecule has 0 atom stereocenters. The van der Waals surface area contributed by atoms with Gasteiger partial charge in [-0.15, -0.1) is 0 Å². The lowest BCUT2D eigenvalue weighted by molar-refractivity contribution is 0.475. The molecule has 0 heterocycles. The van der Waals surface area contributed by atoms with Gasteiger partial charge in [0.1, 0.15) is 5.75 Å². The minimum atomic E-state index is -0.914. The van der Waals surface area contributed by atoms with E-state index in [-0.39, 0.29) is 23.0 Å². The quantitative estimate of drug-likeness (QED) is 0.885. The van der Waals surface area contributed by atoms with Crippen LogP contribution in [-0.2, 0) is 6.54 Å². The van der Waals surface area contributed by atoms with Crippen molar-refractivity contribution < 1.29 is 13.9 Å². The summed E-state index contributed by atoms with van der Waals surface area (Å²) in [5.74, 6) is -1.83. The number of rotatable bonds is 3. The zero-order chi connectivity index (χ0) is 13.1. The van der Waals surface area contributed by atoms with Gasteiger partial charge in [0.2, 0.25) is 0 Å². The smallest absolute Gasteiger partial charge is 0.181 e. The molecular weight excluding hydrogens is 260 g/mol. The van der Waals surface area contributed by atoms with E-state index in [9.17, 15) is 13.9 Å². The first-order valence-electron chi connectivity index (χ1n) is 5.23. The van der Waals surface area contributed by atoms with Crippen LogP contribution in [0.5, 0.6) is 5.75 Å². The first kappa shape index (κ1) is 12.6. The van der Waals surface area contributed by atoms with Gasteiger partial charge in [0.25, 0.3) is 0 Å². The van der Waals surface area contributed by atoms with E-state index in [0.717, 1.165) is 11.6 Å². The minimum absolute atomic E-state index is 0.0163. The van der Waals surface area contributed by atoms with Crippen molar-refractivity contribution in [2.45, 2.75) is 6.54 Å². The lowest BCUT2D eigenvalue weighted by Gasteiger charge is -2.08. The third-order valence-corrected chi connectivity index (χ3v) is 2.75. The summed E-state index contributed by atoms with van der Waals surface area (Å²) in [7, 11) is 0. The summed E-state index contributed by atoms with van der Waals surface area (Å²) >= 11 is 5.74. The zero-order valence-electron chi connectivity index (χ0n) is 9.25. The summed E-state index contributed by atoms with van der Waals surface area (Å²) in [6, 6.07) is 8.57. The molecule has 0 fully saturated rings. The monoisotopic (exact) mass is 269 g/mol. The van der Waals surface area contributed by atoms with Gasteiger partial charge >= 0.3 is 0 Å². The van der Waals surface area contributed by atoms with E-state index in [1.54, 1.807) is 12.1 Å². The number of benzene rings is 2. The van der Waals surface area contributed by atoms with Crippen LogP contribution < -0.4 is 5.32 Å². The highest BCUT2D eigenvalue weighted by atomic mass is 35.5. The van der Waals surface area contributed by atoms with Gasteiger partial charge in [0.15, 0.2) is 11.6 Å². The van der Waals surface area contributed by atoms with Gasteiger partial charge in [-0.3, -0.25) is 0 Å². The number of halogens is 3. The van der Waals surface area contributed by atoms with Crippen LogP contribution in [0.15, 0.2) is 36.4 Å². The van der Waals surface area contributed by atoms with Gasteiger partial charge < -0.3 is 10.4 Å². The van der Waals surface area contributed by atoms with Crippen LogP contribution >= 0.6 is 11.6 Å². The fourth-order valence-corrected chi connectivity index (χ4v) is 1.70. The SMILES string of the molecule is Oc1ccc(CNc2cccc(F)c2F)cc1Cl. The Hall–Kier alpha value is -1.81. The standard InChI is InChI=1S/C13H10ClF2NO/c14-9-6-8(4-5-12(9)18)7-17-11-3-1-2-10(15)13(11)16/h1-6,17-18H,7H2. The van der Waals surface area contributed by atoms with Gasteiger partial charge in [-0.05, 0) is 29.8 Å². The van der Waals surface area contributed by atoms with E-state index >= 15 is 0 Å². The zero-order valence-corrected chi connectivity index (χ0v) is 10.0. The molecular formula is C13H10ClF2NO. The lowest BCUT2D eigenvalue weighted by atomic mass is 10.2. The van der Waals surface area contributed by atoms with Crippen molar-refractivity contribution in [1.29, 1.82) is 0 Å². The average Bonchev–Trinajstić information content (AvgIpc) is 2.35. The maximum atomic E-state index is 13.3. The predicted molar refractivity (Wildman–Crippen MR) is 66.8 cm³/mol.